The molecule has 2 aromatic carbocycles. The molecule has 0 saturated carbocycles. The molecule has 1 amide bonds. The van der Waals surface area contributed by atoms with Gasteiger partial charge in [0.05, 0.1) is 25.5 Å². The summed E-state index contributed by atoms with van der Waals surface area (Å²) in [7, 11) is 1.40. The lowest BCUT2D eigenvalue weighted by Gasteiger charge is -2.36. The predicted molar refractivity (Wildman–Crippen MR) is 174 cm³/mol. The predicted octanol–water partition coefficient (Wildman–Crippen LogP) is 7.04. The Bertz CT molecular complexity index is 1480. The van der Waals surface area contributed by atoms with Crippen LogP contribution >= 0.6 is 0 Å². The Morgan fingerprint density at radius 2 is 1.88 bits per heavy atom. The first kappa shape index (κ1) is 35.5. The lowest BCUT2D eigenvalue weighted by Crippen LogP contribution is -2.47. The highest BCUT2D eigenvalue weighted by Gasteiger charge is 2.40. The van der Waals surface area contributed by atoms with E-state index in [0.717, 1.165) is 46.5 Å². The number of carbonyl (C=O) groups is 1. The maximum atomic E-state index is 14.0. The number of benzene rings is 2. The van der Waals surface area contributed by atoms with Gasteiger partial charge in [0.1, 0.15) is 11.3 Å². The van der Waals surface area contributed by atoms with Crippen molar-refractivity contribution in [2.75, 3.05) is 38.9 Å². The maximum absolute atomic E-state index is 14.0. The number of rotatable bonds is 9. The van der Waals surface area contributed by atoms with Gasteiger partial charge in [0, 0.05) is 49.7 Å². The number of ether oxygens (including phenoxy) is 4. The zero-order chi connectivity index (χ0) is 34.3. The summed E-state index contributed by atoms with van der Waals surface area (Å²) in [5.74, 6) is 0. The molecule has 5 rings (SSSR count). The lowest BCUT2D eigenvalue weighted by molar-refractivity contribution is -0.214. The first-order chi connectivity index (χ1) is 22.9. The Morgan fingerprint density at radius 1 is 1.08 bits per heavy atom. The Labute approximate surface area is 279 Å². The van der Waals surface area contributed by atoms with Crippen LogP contribution in [0.2, 0.25) is 0 Å². The summed E-state index contributed by atoms with van der Waals surface area (Å²) < 4.78 is 65.0. The minimum Gasteiger partial charge on any atom is -0.444 e. The zero-order valence-corrected chi connectivity index (χ0v) is 28.0. The first-order valence-electron chi connectivity index (χ1n) is 16.2. The second-order valence-electron chi connectivity index (χ2n) is 13.0. The number of hydroxylamine groups is 1. The van der Waals surface area contributed by atoms with Crippen molar-refractivity contribution in [1.82, 2.24) is 15.5 Å². The molecule has 0 spiro atoms. The number of hydrogen-bond acceptors (Lipinski definition) is 9. The molecule has 3 aliphatic rings. The van der Waals surface area contributed by atoms with Crippen LogP contribution in [0.4, 0.5) is 23.7 Å². The number of allylic oxidation sites excluding steroid dienone is 3. The van der Waals surface area contributed by atoms with Crippen molar-refractivity contribution in [3.63, 3.8) is 0 Å². The molecule has 0 radical (unpaired) electrons. The van der Waals surface area contributed by atoms with Crippen molar-refractivity contribution in [1.29, 1.82) is 0 Å². The van der Waals surface area contributed by atoms with Crippen molar-refractivity contribution >= 4 is 17.5 Å². The molecule has 3 aliphatic heterocycles. The van der Waals surface area contributed by atoms with E-state index in [1.165, 1.54) is 7.11 Å². The van der Waals surface area contributed by atoms with Crippen LogP contribution in [0.25, 0.3) is 5.70 Å². The fraction of sp³-hybridized carbons (Fsp3) is 0.514. The fourth-order valence-electron chi connectivity index (χ4n) is 5.96. The Morgan fingerprint density at radius 3 is 2.60 bits per heavy atom. The lowest BCUT2D eigenvalue weighted by atomic mass is 9.93. The van der Waals surface area contributed by atoms with E-state index >= 15 is 0 Å². The van der Waals surface area contributed by atoms with Gasteiger partial charge in [-0.1, -0.05) is 36.4 Å². The SMILES string of the molecule is COCON1NC(C(F)(F)F)=CC2=C1c1ccc(N[C@@H]3CCCN(C(=O)OC(C)(C)C)C3)c(COCc3ccccc3)c1COCCC2. The van der Waals surface area contributed by atoms with E-state index in [2.05, 4.69) is 10.7 Å². The number of fused-ring (bicyclic) bond motifs is 2. The summed E-state index contributed by atoms with van der Waals surface area (Å²) in [5, 5.41) is 4.70. The van der Waals surface area contributed by atoms with E-state index in [-0.39, 0.29) is 32.1 Å². The fourth-order valence-corrected chi connectivity index (χ4v) is 5.96. The average Bonchev–Trinajstić information content (AvgIpc) is 3.13. The Balaban J connectivity index is 1.54. The molecule has 1 fully saturated rings. The van der Waals surface area contributed by atoms with Crippen LogP contribution in [0.1, 0.15) is 68.7 Å². The third kappa shape index (κ3) is 9.22. The number of piperidine rings is 1. The summed E-state index contributed by atoms with van der Waals surface area (Å²) in [6, 6.07) is 13.5. The van der Waals surface area contributed by atoms with E-state index in [0.29, 0.717) is 56.0 Å². The van der Waals surface area contributed by atoms with Crippen LogP contribution in [-0.4, -0.2) is 67.6 Å². The number of hydrogen-bond donors (Lipinski definition) is 2. The van der Waals surface area contributed by atoms with Gasteiger partial charge < -0.3 is 29.2 Å². The maximum Gasteiger partial charge on any atom is 0.432 e. The number of alkyl halides is 3. The van der Waals surface area contributed by atoms with Gasteiger partial charge in [0.15, 0.2) is 6.79 Å². The number of carbonyl (C=O) groups excluding carboxylic acids is 1. The van der Waals surface area contributed by atoms with Gasteiger partial charge in [0.25, 0.3) is 0 Å². The molecule has 10 nitrogen and oxygen atoms in total. The van der Waals surface area contributed by atoms with E-state index in [1.807, 2.05) is 63.2 Å². The summed E-state index contributed by atoms with van der Waals surface area (Å²) in [6.07, 6.45) is -1.35. The molecule has 2 N–H and O–H groups in total. The van der Waals surface area contributed by atoms with Crippen molar-refractivity contribution in [2.45, 2.75) is 84.1 Å². The standard InChI is InChI=1S/C35H45F3N4O6/c1-34(2,3)48-33(43)41-16-8-13-26(19-41)39-30-15-14-27-28(29(30)22-46-20-24-10-6-5-7-11-24)21-45-17-9-12-25-18-31(35(36,37)38)40-42(32(25)27)47-23-44-4/h5-7,10-11,14-15,18,26,39-40H,8-9,12-13,16-17,19-23H2,1-4H3/t26-/m1/s1. The number of amides is 1. The first-order valence-corrected chi connectivity index (χ1v) is 16.2. The normalized spacial score (nSPS) is 18.9. The van der Waals surface area contributed by atoms with Crippen LogP contribution in [0.5, 0.6) is 0 Å². The molecule has 13 heteroatoms. The van der Waals surface area contributed by atoms with Gasteiger partial charge in [-0.15, -0.1) is 0 Å². The number of halogens is 3. The van der Waals surface area contributed by atoms with Gasteiger partial charge in [-0.3, -0.25) is 5.43 Å². The number of methoxy groups -OCH3 is 1. The molecule has 0 aromatic heterocycles. The largest absolute Gasteiger partial charge is 0.444 e. The van der Waals surface area contributed by atoms with Crippen molar-refractivity contribution in [2.24, 2.45) is 0 Å². The molecule has 2 aromatic rings. The second kappa shape index (κ2) is 15.6. The van der Waals surface area contributed by atoms with Gasteiger partial charge in [0.2, 0.25) is 0 Å². The van der Waals surface area contributed by atoms with Gasteiger partial charge >= 0.3 is 12.3 Å². The summed E-state index contributed by atoms with van der Waals surface area (Å²) >= 11 is 0. The van der Waals surface area contributed by atoms with E-state index in [1.54, 1.807) is 4.90 Å². The van der Waals surface area contributed by atoms with E-state index < -0.39 is 17.5 Å². The third-order valence-corrected chi connectivity index (χ3v) is 8.11. The third-order valence-electron chi connectivity index (χ3n) is 8.11. The quantitative estimate of drug-likeness (QED) is 0.272. The highest BCUT2D eigenvalue weighted by Crippen LogP contribution is 2.40. The monoisotopic (exact) mass is 674 g/mol. The zero-order valence-electron chi connectivity index (χ0n) is 28.0. The number of hydrazine groups is 1. The van der Waals surface area contributed by atoms with Crippen LogP contribution in [-0.2, 0) is 43.6 Å². The molecule has 1 saturated heterocycles. The van der Waals surface area contributed by atoms with Gasteiger partial charge in [-0.2, -0.15) is 18.3 Å². The molecule has 48 heavy (non-hydrogen) atoms. The number of nitrogens with one attached hydrogen (secondary N) is 2. The molecule has 262 valence electrons. The van der Waals surface area contributed by atoms with Crippen LogP contribution < -0.4 is 10.7 Å². The number of likely N-dealkylation sites (tertiary alicyclic amines) is 1. The average molecular weight is 675 g/mol. The van der Waals surface area contributed by atoms with Gasteiger partial charge in [-0.25, -0.2) is 9.63 Å². The molecule has 0 bridgehead atoms. The van der Waals surface area contributed by atoms with Crippen molar-refractivity contribution in [3.8, 4) is 0 Å². The van der Waals surface area contributed by atoms with Crippen molar-refractivity contribution in [3.05, 3.63) is 82.1 Å². The molecule has 1 atom stereocenters. The minimum atomic E-state index is -4.62. The number of nitrogens with zero attached hydrogens (tertiary/aromatic N) is 2. The smallest absolute Gasteiger partial charge is 0.432 e. The summed E-state index contributed by atoms with van der Waals surface area (Å²) in [4.78, 5) is 20.3. The van der Waals surface area contributed by atoms with E-state index in [4.69, 9.17) is 23.8 Å². The highest BCUT2D eigenvalue weighted by molar-refractivity contribution is 5.76. The molecule has 0 aliphatic carbocycles. The Kier molecular flexibility index (Phi) is 11.6. The van der Waals surface area contributed by atoms with Gasteiger partial charge in [-0.05, 0) is 75.3 Å². The van der Waals surface area contributed by atoms with Crippen molar-refractivity contribution < 1.29 is 41.8 Å². The molecular weight excluding hydrogens is 629 g/mol. The molecular formula is C35H45F3N4O6. The second-order valence-corrected chi connectivity index (χ2v) is 13.0. The topological polar surface area (TPSA) is 93.8 Å². The molecule has 0 unspecified atom stereocenters. The van der Waals surface area contributed by atoms with E-state index in [9.17, 15) is 18.0 Å². The summed E-state index contributed by atoms with van der Waals surface area (Å²) in [6.45, 7) is 7.43. The minimum absolute atomic E-state index is 0.0700. The Hall–Kier alpha value is -3.78. The van der Waals surface area contributed by atoms with Crippen LogP contribution in [0.15, 0.2) is 59.8 Å². The van der Waals surface area contributed by atoms with Crippen LogP contribution in [0, 0.1) is 0 Å². The van der Waals surface area contributed by atoms with Crippen LogP contribution in [0.3, 0.4) is 0 Å². The summed E-state index contributed by atoms with van der Waals surface area (Å²) in [5.41, 5.74) is 5.79. The highest BCUT2D eigenvalue weighted by atomic mass is 19.4. The number of anilines is 1. The molecule has 3 heterocycles.